The van der Waals surface area contributed by atoms with Gasteiger partial charge in [0.1, 0.15) is 5.94 Å². The number of halogens is 3. The lowest BCUT2D eigenvalue weighted by Gasteiger charge is -2.23. The van der Waals surface area contributed by atoms with E-state index in [2.05, 4.69) is 33.0 Å². The van der Waals surface area contributed by atoms with Gasteiger partial charge in [-0.25, -0.2) is 0 Å². The van der Waals surface area contributed by atoms with Crippen molar-refractivity contribution in [1.82, 2.24) is 10.6 Å². The first-order chi connectivity index (χ1) is 15.0. The van der Waals surface area contributed by atoms with E-state index >= 15 is 0 Å². The second-order valence-corrected chi connectivity index (χ2v) is 10.7. The van der Waals surface area contributed by atoms with Crippen LogP contribution in [0.4, 0.5) is 13.2 Å². The Labute approximate surface area is 197 Å². The molecule has 32 heavy (non-hydrogen) atoms. The summed E-state index contributed by atoms with van der Waals surface area (Å²) in [5, 5.41) is 4.49. The Bertz CT molecular complexity index is 526. The number of ether oxygens (including phenoxy) is 3. The van der Waals surface area contributed by atoms with Crippen LogP contribution in [0.2, 0.25) is 0 Å². The molecule has 0 fully saturated rings. The molecule has 0 aromatic heterocycles. The van der Waals surface area contributed by atoms with Crippen LogP contribution in [-0.4, -0.2) is 74.8 Å². The number of hydrogen-bond donors (Lipinski definition) is 2. The van der Waals surface area contributed by atoms with Crippen LogP contribution in [0.5, 0.6) is 0 Å². The highest BCUT2D eigenvalue weighted by Gasteiger charge is 2.38. The molecule has 0 aromatic rings. The highest BCUT2D eigenvalue weighted by Crippen LogP contribution is 2.38. The molecule has 7 nitrogen and oxygen atoms in total. The van der Waals surface area contributed by atoms with Crippen LogP contribution in [0.3, 0.4) is 0 Å². The predicted octanol–water partition coefficient (Wildman–Crippen LogP) is 3.77. The molecule has 0 rings (SSSR count). The van der Waals surface area contributed by atoms with Gasteiger partial charge >= 0.3 is 12.1 Å². The van der Waals surface area contributed by atoms with Gasteiger partial charge in [-0.3, -0.25) is 9.59 Å². The van der Waals surface area contributed by atoms with Crippen LogP contribution in [0, 0.1) is 5.92 Å². The highest BCUT2D eigenvalue weighted by atomic mass is 33.1. The Morgan fingerprint density at radius 2 is 1.56 bits per heavy atom. The number of alkyl halides is 3. The largest absolute Gasteiger partial charge is 0.471 e. The van der Waals surface area contributed by atoms with Crippen molar-refractivity contribution in [2.24, 2.45) is 5.92 Å². The molecule has 0 saturated carbocycles. The molecule has 0 bridgehead atoms. The summed E-state index contributed by atoms with van der Waals surface area (Å²) in [6.45, 7) is 10.1. The predicted molar refractivity (Wildman–Crippen MR) is 122 cm³/mol. The van der Waals surface area contributed by atoms with Crippen LogP contribution < -0.4 is 10.6 Å². The van der Waals surface area contributed by atoms with Crippen molar-refractivity contribution in [3.63, 3.8) is 0 Å². The first-order valence-electron chi connectivity index (χ1n) is 10.6. The lowest BCUT2D eigenvalue weighted by molar-refractivity contribution is -0.173. The van der Waals surface area contributed by atoms with Crippen LogP contribution in [0.25, 0.3) is 0 Å². The van der Waals surface area contributed by atoms with E-state index in [1.165, 1.54) is 0 Å². The van der Waals surface area contributed by atoms with Gasteiger partial charge in [0.25, 0.3) is 0 Å². The van der Waals surface area contributed by atoms with Gasteiger partial charge in [-0.15, -0.1) is 0 Å². The lowest BCUT2D eigenvalue weighted by Crippen LogP contribution is -2.38. The van der Waals surface area contributed by atoms with Gasteiger partial charge in [0.15, 0.2) is 0 Å². The summed E-state index contributed by atoms with van der Waals surface area (Å²) in [6.07, 6.45) is -2.63. The van der Waals surface area contributed by atoms with Gasteiger partial charge in [-0.1, -0.05) is 41.9 Å². The van der Waals surface area contributed by atoms with Crippen molar-refractivity contribution in [3.05, 3.63) is 0 Å². The second-order valence-electron chi connectivity index (χ2n) is 7.79. The average molecular weight is 507 g/mol. The summed E-state index contributed by atoms with van der Waals surface area (Å²) >= 11 is 0. The van der Waals surface area contributed by atoms with E-state index in [9.17, 15) is 22.8 Å². The van der Waals surface area contributed by atoms with E-state index in [0.717, 1.165) is 19.4 Å². The molecule has 2 amide bonds. The van der Waals surface area contributed by atoms with Gasteiger partial charge in [0, 0.05) is 24.3 Å². The molecular formula is C20H37F3N2O5S2. The van der Waals surface area contributed by atoms with Gasteiger partial charge in [0.05, 0.1) is 33.0 Å². The SMILES string of the molecule is CCC(C)COCSSC(C)(C)CCC(=O)NCCOCCOCCNC(=O)C(F)(F)F. The van der Waals surface area contributed by atoms with Gasteiger partial charge in [-0.2, -0.15) is 13.2 Å². The standard InChI is InChI=1S/C20H37F3N2O5S2/c1-5-16(2)14-30-15-31-32-19(3,4)7-6-17(26)24-8-10-28-12-13-29-11-9-25-18(27)20(21,22)23/h16H,5-15H2,1-4H3,(H,24,26)(H,25,27). The smallest absolute Gasteiger partial charge is 0.377 e. The van der Waals surface area contributed by atoms with E-state index in [1.807, 2.05) is 0 Å². The molecule has 0 saturated heterocycles. The van der Waals surface area contributed by atoms with E-state index in [4.69, 9.17) is 14.2 Å². The molecule has 1 atom stereocenters. The molecule has 0 heterocycles. The third kappa shape index (κ3) is 18.8. The van der Waals surface area contributed by atoms with Crippen LogP contribution in [-0.2, 0) is 23.8 Å². The van der Waals surface area contributed by atoms with Crippen LogP contribution in [0.15, 0.2) is 0 Å². The third-order valence-corrected chi connectivity index (χ3v) is 7.23. The molecule has 1 unspecified atom stereocenters. The second kappa shape index (κ2) is 17.7. The van der Waals surface area contributed by atoms with Crippen LogP contribution >= 0.6 is 21.6 Å². The summed E-state index contributed by atoms with van der Waals surface area (Å²) in [5.74, 6) is -0.833. The fourth-order valence-electron chi connectivity index (χ4n) is 2.05. The maximum atomic E-state index is 12.0. The molecule has 12 heteroatoms. The minimum absolute atomic E-state index is 0.0437. The zero-order valence-electron chi connectivity index (χ0n) is 19.3. The number of carbonyl (C=O) groups excluding carboxylic acids is 2. The van der Waals surface area contributed by atoms with Crippen molar-refractivity contribution < 1.29 is 37.0 Å². The van der Waals surface area contributed by atoms with E-state index in [1.54, 1.807) is 26.9 Å². The van der Waals surface area contributed by atoms with Crippen molar-refractivity contribution >= 4 is 33.4 Å². The molecule has 2 N–H and O–H groups in total. The van der Waals surface area contributed by atoms with E-state index < -0.39 is 12.1 Å². The Morgan fingerprint density at radius 1 is 0.969 bits per heavy atom. The monoisotopic (exact) mass is 506 g/mol. The molecule has 0 aliphatic rings. The zero-order chi connectivity index (χ0) is 24.5. The summed E-state index contributed by atoms with van der Waals surface area (Å²) in [7, 11) is 3.38. The number of amides is 2. The fourth-order valence-corrected chi connectivity index (χ4v) is 4.32. The third-order valence-electron chi connectivity index (χ3n) is 4.20. The van der Waals surface area contributed by atoms with Gasteiger partial charge < -0.3 is 24.8 Å². The summed E-state index contributed by atoms with van der Waals surface area (Å²) in [6, 6.07) is 0. The quantitative estimate of drug-likeness (QED) is 0.157. The summed E-state index contributed by atoms with van der Waals surface area (Å²) in [5.41, 5.74) is 0. The maximum Gasteiger partial charge on any atom is 0.471 e. The van der Waals surface area contributed by atoms with Gasteiger partial charge in [-0.05, 0) is 26.2 Å². The Balaban J connectivity index is 3.58. The summed E-state index contributed by atoms with van der Waals surface area (Å²) < 4.78 is 51.8. The lowest BCUT2D eigenvalue weighted by atomic mass is 10.1. The first kappa shape index (κ1) is 31.3. The van der Waals surface area contributed by atoms with E-state index in [-0.39, 0.29) is 37.0 Å². The van der Waals surface area contributed by atoms with Crippen LogP contribution in [0.1, 0.15) is 47.0 Å². The Kier molecular flexibility index (Phi) is 17.4. The van der Waals surface area contributed by atoms with Crippen molar-refractivity contribution in [1.29, 1.82) is 0 Å². The molecule has 190 valence electrons. The zero-order valence-corrected chi connectivity index (χ0v) is 21.0. The highest BCUT2D eigenvalue weighted by molar-refractivity contribution is 8.77. The molecule has 0 radical (unpaired) electrons. The Hall–Kier alpha value is -0.690. The minimum atomic E-state index is -4.89. The molecule has 0 aromatic carbocycles. The fraction of sp³-hybridized carbons (Fsp3) is 0.900. The number of hydrogen-bond acceptors (Lipinski definition) is 7. The number of rotatable bonds is 19. The number of nitrogens with one attached hydrogen (secondary N) is 2. The normalized spacial score (nSPS) is 13.1. The maximum absolute atomic E-state index is 12.0. The topological polar surface area (TPSA) is 85.9 Å². The van der Waals surface area contributed by atoms with Crippen molar-refractivity contribution in [2.45, 2.75) is 57.9 Å². The molecule has 0 spiro atoms. The Morgan fingerprint density at radius 3 is 2.12 bits per heavy atom. The molecule has 0 aliphatic heterocycles. The minimum Gasteiger partial charge on any atom is -0.377 e. The summed E-state index contributed by atoms with van der Waals surface area (Å²) in [4.78, 5) is 22.5. The molecule has 0 aliphatic carbocycles. The van der Waals surface area contributed by atoms with Crippen molar-refractivity contribution in [2.75, 3.05) is 52.1 Å². The average Bonchev–Trinajstić information content (AvgIpc) is 2.72. The van der Waals surface area contributed by atoms with Crippen molar-refractivity contribution in [3.8, 4) is 0 Å². The van der Waals surface area contributed by atoms with Gasteiger partial charge in [0.2, 0.25) is 5.91 Å². The first-order valence-corrected chi connectivity index (χ1v) is 13.0. The number of carbonyl (C=O) groups is 2. The van der Waals surface area contributed by atoms with E-state index in [0.29, 0.717) is 31.4 Å². The molecular weight excluding hydrogens is 469 g/mol.